The molecule has 1 fully saturated rings. The quantitative estimate of drug-likeness (QED) is 0.402. The van der Waals surface area contributed by atoms with Crippen LogP contribution in [0.4, 0.5) is 9.18 Å². The molecule has 4 amide bonds. The lowest BCUT2D eigenvalue weighted by atomic mass is 10.2. The Morgan fingerprint density at radius 1 is 0.857 bits per heavy atom. The molecule has 4 aromatic rings. The predicted octanol–water partition coefficient (Wildman–Crippen LogP) is 2.84. The number of hydrogen-bond donors (Lipinski definition) is 2. The molecule has 2 aromatic carbocycles. The normalized spacial score (nSPS) is 13.8. The van der Waals surface area contributed by atoms with Gasteiger partial charge in [0.15, 0.2) is 5.82 Å². The fraction of sp³-hybridized carbons (Fsp3) is 0.0435. The average Bonchev–Trinajstić information content (AvgIpc) is 3.33. The molecule has 2 N–H and O–H groups in total. The molecule has 1 aliphatic heterocycles. The van der Waals surface area contributed by atoms with Crippen molar-refractivity contribution < 1.29 is 32.8 Å². The minimum atomic E-state index is -1.48. The Hall–Kier alpha value is -5.13. The monoisotopic (exact) mass is 475 g/mol. The van der Waals surface area contributed by atoms with Crippen molar-refractivity contribution in [2.45, 2.75) is 6.10 Å². The molecule has 0 radical (unpaired) electrons. The number of barbiturate groups is 1. The molecule has 0 bridgehead atoms. The number of amides is 4. The van der Waals surface area contributed by atoms with Crippen molar-refractivity contribution in [1.29, 1.82) is 0 Å². The Labute approximate surface area is 195 Å². The van der Waals surface area contributed by atoms with Crippen LogP contribution in [0.3, 0.4) is 0 Å². The maximum Gasteiger partial charge on any atom is 0.328 e. The van der Waals surface area contributed by atoms with Crippen LogP contribution in [0.25, 0.3) is 23.0 Å². The minimum Gasteiger partial charge on any atom is -0.471 e. The van der Waals surface area contributed by atoms with E-state index >= 15 is 0 Å². The fourth-order valence-electron chi connectivity index (χ4n) is 3.12. The lowest BCUT2D eigenvalue weighted by molar-refractivity contribution is -0.139. The van der Waals surface area contributed by atoms with E-state index in [4.69, 9.17) is 14.0 Å². The summed E-state index contributed by atoms with van der Waals surface area (Å²) < 4.78 is 30.2. The number of pyridine rings is 1. The minimum absolute atomic E-state index is 0.00638. The molecule has 0 aliphatic carbocycles. The Bertz CT molecular complexity index is 1400. The highest BCUT2D eigenvalue weighted by Gasteiger charge is 2.36. The Morgan fingerprint density at radius 2 is 1.49 bits per heavy atom. The van der Waals surface area contributed by atoms with Crippen molar-refractivity contribution in [2.75, 3.05) is 0 Å². The number of carbonyl (C=O) groups excluding carboxylic acids is 3. The molecule has 0 spiro atoms. The van der Waals surface area contributed by atoms with Crippen LogP contribution in [0.15, 0.2) is 71.4 Å². The van der Waals surface area contributed by atoms with Crippen LogP contribution in [-0.2, 0) is 9.59 Å². The molecule has 11 nitrogen and oxygen atoms in total. The number of urea groups is 1. The summed E-state index contributed by atoms with van der Waals surface area (Å²) in [6.07, 6.45) is -0.0448. The molecule has 1 aliphatic rings. The van der Waals surface area contributed by atoms with Crippen LogP contribution in [0.5, 0.6) is 17.2 Å². The number of carbonyl (C=O) groups is 3. The highest BCUT2D eigenvalue weighted by Crippen LogP contribution is 2.28. The second-order valence-corrected chi connectivity index (χ2v) is 7.16. The third-order valence-electron chi connectivity index (χ3n) is 4.76. The van der Waals surface area contributed by atoms with E-state index in [0.29, 0.717) is 17.1 Å². The fourth-order valence-corrected chi connectivity index (χ4v) is 3.12. The summed E-state index contributed by atoms with van der Waals surface area (Å²) in [5.74, 6) is -0.832. The SMILES string of the molecule is O=C1NC(=O)C(Oc2ccc(Oc3ccc(-c4nc(-c5ncccc5F)no4)cc3)cc2)C(=O)N1. The van der Waals surface area contributed by atoms with Crippen LogP contribution < -0.4 is 20.1 Å². The lowest BCUT2D eigenvalue weighted by Crippen LogP contribution is -2.60. The molecule has 0 atom stereocenters. The summed E-state index contributed by atoms with van der Waals surface area (Å²) in [7, 11) is 0. The maximum atomic E-state index is 13.9. The van der Waals surface area contributed by atoms with Gasteiger partial charge in [-0.05, 0) is 60.7 Å². The Balaban J connectivity index is 1.23. The average molecular weight is 475 g/mol. The predicted molar refractivity (Wildman–Crippen MR) is 116 cm³/mol. The number of aromatic nitrogens is 3. The zero-order valence-electron chi connectivity index (χ0n) is 17.6. The molecular weight excluding hydrogens is 461 g/mol. The topological polar surface area (TPSA) is 146 Å². The van der Waals surface area contributed by atoms with Crippen LogP contribution >= 0.6 is 0 Å². The second kappa shape index (κ2) is 9.02. The van der Waals surface area contributed by atoms with E-state index < -0.39 is 29.8 Å². The van der Waals surface area contributed by atoms with Crippen molar-refractivity contribution in [3.8, 4) is 40.2 Å². The van der Waals surface area contributed by atoms with Crippen LogP contribution in [0.1, 0.15) is 0 Å². The van der Waals surface area contributed by atoms with Gasteiger partial charge in [0.25, 0.3) is 23.8 Å². The molecule has 12 heteroatoms. The largest absolute Gasteiger partial charge is 0.471 e. The second-order valence-electron chi connectivity index (χ2n) is 7.16. The zero-order chi connectivity index (χ0) is 24.4. The number of ether oxygens (including phenoxy) is 2. The molecule has 3 heterocycles. The van der Waals surface area contributed by atoms with Gasteiger partial charge < -0.3 is 14.0 Å². The molecule has 35 heavy (non-hydrogen) atoms. The van der Waals surface area contributed by atoms with E-state index in [1.54, 1.807) is 36.4 Å². The van der Waals surface area contributed by atoms with Crippen molar-refractivity contribution in [2.24, 2.45) is 0 Å². The molecule has 0 saturated carbocycles. The molecule has 0 unspecified atom stereocenters. The molecule has 1 saturated heterocycles. The van der Waals surface area contributed by atoms with Gasteiger partial charge in [-0.2, -0.15) is 4.98 Å². The van der Waals surface area contributed by atoms with Gasteiger partial charge in [-0.25, -0.2) is 14.2 Å². The first-order valence-electron chi connectivity index (χ1n) is 10.1. The molecule has 5 rings (SSSR count). The summed E-state index contributed by atoms with van der Waals surface area (Å²) in [4.78, 5) is 42.8. The third kappa shape index (κ3) is 4.66. The van der Waals surface area contributed by atoms with Crippen LogP contribution in [0, 0.1) is 5.82 Å². The van der Waals surface area contributed by atoms with E-state index in [9.17, 15) is 18.8 Å². The number of benzene rings is 2. The smallest absolute Gasteiger partial charge is 0.328 e. The van der Waals surface area contributed by atoms with Crippen LogP contribution in [-0.4, -0.2) is 39.1 Å². The Morgan fingerprint density at radius 3 is 2.14 bits per heavy atom. The maximum absolute atomic E-state index is 13.9. The van der Waals surface area contributed by atoms with Gasteiger partial charge in [-0.15, -0.1) is 0 Å². The van der Waals surface area contributed by atoms with Crippen LogP contribution in [0.2, 0.25) is 0 Å². The van der Waals surface area contributed by atoms with Gasteiger partial charge in [0, 0.05) is 11.8 Å². The summed E-state index contributed by atoms with van der Waals surface area (Å²) in [6, 6.07) is 14.8. The van der Waals surface area contributed by atoms with Crippen molar-refractivity contribution >= 4 is 17.8 Å². The number of imide groups is 2. The summed E-state index contributed by atoms with van der Waals surface area (Å²) in [5.41, 5.74) is 0.590. The van der Waals surface area contributed by atoms with Gasteiger partial charge in [0.05, 0.1) is 0 Å². The molecule has 2 aromatic heterocycles. The van der Waals surface area contributed by atoms with E-state index in [2.05, 4.69) is 15.1 Å². The van der Waals surface area contributed by atoms with Gasteiger partial charge in [0.2, 0.25) is 5.82 Å². The number of nitrogens with one attached hydrogen (secondary N) is 2. The molecule has 174 valence electrons. The number of rotatable bonds is 6. The van der Waals surface area contributed by atoms with E-state index in [1.165, 1.54) is 30.5 Å². The number of hydrogen-bond acceptors (Lipinski definition) is 9. The zero-order valence-corrected chi connectivity index (χ0v) is 17.6. The molecular formula is C23H14FN5O6. The lowest BCUT2D eigenvalue weighted by Gasteiger charge is -2.21. The van der Waals surface area contributed by atoms with Crippen molar-refractivity contribution in [3.63, 3.8) is 0 Å². The number of halogens is 1. The Kier molecular flexibility index (Phi) is 5.59. The number of nitrogens with zero attached hydrogens (tertiary/aromatic N) is 3. The van der Waals surface area contributed by atoms with Gasteiger partial charge in [0.1, 0.15) is 22.9 Å². The summed E-state index contributed by atoms with van der Waals surface area (Å²) >= 11 is 0. The highest BCUT2D eigenvalue weighted by molar-refractivity contribution is 6.18. The standard InChI is InChI=1S/C23H14FN5O6/c24-16-2-1-11-25-17(16)19-26-22(35-29-19)12-3-5-13(6-4-12)33-14-7-9-15(10-8-14)34-18-20(30)27-23(32)28-21(18)31/h1-11,18H,(H2,27,28,30,31,32). The van der Waals surface area contributed by atoms with E-state index in [-0.39, 0.29) is 23.2 Å². The highest BCUT2D eigenvalue weighted by atomic mass is 19.1. The van der Waals surface area contributed by atoms with Gasteiger partial charge in [-0.1, -0.05) is 5.16 Å². The van der Waals surface area contributed by atoms with Gasteiger partial charge >= 0.3 is 6.03 Å². The van der Waals surface area contributed by atoms with Crippen molar-refractivity contribution in [1.82, 2.24) is 25.8 Å². The summed E-state index contributed by atoms with van der Waals surface area (Å²) in [6.45, 7) is 0. The summed E-state index contributed by atoms with van der Waals surface area (Å²) in [5, 5.41) is 7.69. The van der Waals surface area contributed by atoms with Gasteiger partial charge in [-0.3, -0.25) is 20.2 Å². The van der Waals surface area contributed by atoms with Crippen molar-refractivity contribution in [3.05, 3.63) is 72.7 Å². The first-order chi connectivity index (χ1) is 17.0. The first-order valence-corrected chi connectivity index (χ1v) is 10.1. The van der Waals surface area contributed by atoms with E-state index in [0.717, 1.165) is 0 Å². The third-order valence-corrected chi connectivity index (χ3v) is 4.76. The first kappa shape index (κ1) is 21.7. The van der Waals surface area contributed by atoms with E-state index in [1.807, 2.05) is 10.6 Å².